The van der Waals surface area contributed by atoms with Gasteiger partial charge in [0.15, 0.2) is 0 Å². The highest BCUT2D eigenvalue weighted by Crippen LogP contribution is 2.34. The number of amides is 2. The van der Waals surface area contributed by atoms with Crippen LogP contribution in [0.2, 0.25) is 0 Å². The summed E-state index contributed by atoms with van der Waals surface area (Å²) < 4.78 is 0. The quantitative estimate of drug-likeness (QED) is 0.787. The van der Waals surface area contributed by atoms with Gasteiger partial charge in [-0.1, -0.05) is 6.92 Å². The number of hydrogen-bond acceptors (Lipinski definition) is 3. The standard InChI is InChI=1S/C13H25N3O2/c1-5-13(6-8-14-9-7-13)12(18)16(4)10-11(17)15(2)3/h14H,5-10H2,1-4H3. The number of likely N-dealkylation sites (N-methyl/N-ethyl adjacent to an activating group) is 2. The van der Waals surface area contributed by atoms with E-state index in [0.29, 0.717) is 0 Å². The monoisotopic (exact) mass is 255 g/mol. The molecule has 0 aliphatic carbocycles. The minimum Gasteiger partial charge on any atom is -0.347 e. The third-order valence-electron chi connectivity index (χ3n) is 3.91. The fourth-order valence-corrected chi connectivity index (χ4v) is 2.44. The lowest BCUT2D eigenvalue weighted by atomic mass is 9.75. The summed E-state index contributed by atoms with van der Waals surface area (Å²) >= 11 is 0. The average molecular weight is 255 g/mol. The predicted molar refractivity (Wildman–Crippen MR) is 71.2 cm³/mol. The summed E-state index contributed by atoms with van der Waals surface area (Å²) in [4.78, 5) is 27.3. The summed E-state index contributed by atoms with van der Waals surface area (Å²) in [6.45, 7) is 4.00. The van der Waals surface area contributed by atoms with Gasteiger partial charge >= 0.3 is 0 Å². The molecular formula is C13H25N3O2. The summed E-state index contributed by atoms with van der Waals surface area (Å²) in [5.74, 6) is 0.0766. The Morgan fingerprint density at radius 3 is 2.17 bits per heavy atom. The summed E-state index contributed by atoms with van der Waals surface area (Å²) in [6.07, 6.45) is 2.57. The molecule has 5 nitrogen and oxygen atoms in total. The number of hydrogen-bond donors (Lipinski definition) is 1. The lowest BCUT2D eigenvalue weighted by Gasteiger charge is -2.38. The molecule has 0 aromatic carbocycles. The number of carbonyl (C=O) groups excluding carboxylic acids is 2. The molecule has 2 amide bonds. The van der Waals surface area contributed by atoms with Gasteiger partial charge in [0.2, 0.25) is 11.8 Å². The maximum atomic E-state index is 12.5. The van der Waals surface area contributed by atoms with E-state index in [1.165, 1.54) is 4.90 Å². The van der Waals surface area contributed by atoms with Gasteiger partial charge in [0.1, 0.15) is 0 Å². The molecule has 1 heterocycles. The molecule has 1 N–H and O–H groups in total. The van der Waals surface area contributed by atoms with Gasteiger partial charge in [-0.15, -0.1) is 0 Å². The Kier molecular flexibility index (Phi) is 5.14. The van der Waals surface area contributed by atoms with Crippen molar-refractivity contribution >= 4 is 11.8 Å². The number of rotatable bonds is 4. The van der Waals surface area contributed by atoms with E-state index >= 15 is 0 Å². The highest BCUT2D eigenvalue weighted by atomic mass is 16.2. The highest BCUT2D eigenvalue weighted by molar-refractivity contribution is 5.87. The van der Waals surface area contributed by atoms with Crippen molar-refractivity contribution in [2.45, 2.75) is 26.2 Å². The van der Waals surface area contributed by atoms with E-state index in [0.717, 1.165) is 32.4 Å². The van der Waals surface area contributed by atoms with Crippen molar-refractivity contribution in [1.82, 2.24) is 15.1 Å². The minimum absolute atomic E-state index is 0.0361. The van der Waals surface area contributed by atoms with Crippen LogP contribution in [0.15, 0.2) is 0 Å². The first kappa shape index (κ1) is 15.0. The molecule has 1 rings (SSSR count). The molecule has 0 spiro atoms. The minimum atomic E-state index is -0.271. The molecule has 0 unspecified atom stereocenters. The fraction of sp³-hybridized carbons (Fsp3) is 0.846. The molecular weight excluding hydrogens is 230 g/mol. The molecule has 0 radical (unpaired) electrons. The van der Waals surface area contributed by atoms with Gasteiger partial charge in [0.25, 0.3) is 0 Å². The smallest absolute Gasteiger partial charge is 0.241 e. The molecule has 18 heavy (non-hydrogen) atoms. The van der Waals surface area contributed by atoms with Crippen LogP contribution < -0.4 is 5.32 Å². The third kappa shape index (κ3) is 3.22. The van der Waals surface area contributed by atoms with E-state index in [9.17, 15) is 9.59 Å². The first-order valence-corrected chi connectivity index (χ1v) is 6.59. The zero-order valence-corrected chi connectivity index (χ0v) is 12.0. The van der Waals surface area contributed by atoms with Crippen LogP contribution in [0.3, 0.4) is 0 Å². The molecule has 0 saturated carbocycles. The van der Waals surface area contributed by atoms with Crippen LogP contribution in [0.1, 0.15) is 26.2 Å². The maximum Gasteiger partial charge on any atom is 0.241 e. The molecule has 1 saturated heterocycles. The lowest BCUT2D eigenvalue weighted by Crippen LogP contribution is -2.49. The Hall–Kier alpha value is -1.10. The third-order valence-corrected chi connectivity index (χ3v) is 3.91. The van der Waals surface area contributed by atoms with E-state index < -0.39 is 0 Å². The first-order valence-electron chi connectivity index (χ1n) is 6.59. The topological polar surface area (TPSA) is 52.7 Å². The van der Waals surface area contributed by atoms with Crippen LogP contribution in [0.25, 0.3) is 0 Å². The van der Waals surface area contributed by atoms with E-state index in [1.807, 2.05) is 0 Å². The van der Waals surface area contributed by atoms with Gasteiger partial charge in [0.05, 0.1) is 12.0 Å². The normalized spacial score (nSPS) is 18.2. The van der Waals surface area contributed by atoms with Crippen molar-refractivity contribution in [2.24, 2.45) is 5.41 Å². The van der Waals surface area contributed by atoms with Gasteiger partial charge < -0.3 is 15.1 Å². The maximum absolute atomic E-state index is 12.5. The Morgan fingerprint density at radius 2 is 1.72 bits per heavy atom. The number of nitrogens with one attached hydrogen (secondary N) is 1. The Balaban J connectivity index is 2.68. The van der Waals surface area contributed by atoms with Crippen molar-refractivity contribution in [1.29, 1.82) is 0 Å². The van der Waals surface area contributed by atoms with Gasteiger partial charge in [-0.2, -0.15) is 0 Å². The van der Waals surface area contributed by atoms with E-state index in [1.54, 1.807) is 26.0 Å². The average Bonchev–Trinajstić information content (AvgIpc) is 2.38. The van der Waals surface area contributed by atoms with Gasteiger partial charge in [-0.25, -0.2) is 0 Å². The van der Waals surface area contributed by atoms with E-state index in [-0.39, 0.29) is 23.8 Å². The molecule has 1 fully saturated rings. The van der Waals surface area contributed by atoms with Crippen LogP contribution >= 0.6 is 0 Å². The second-order valence-electron chi connectivity index (χ2n) is 5.33. The molecule has 0 aromatic rings. The summed E-state index contributed by atoms with van der Waals surface area (Å²) in [6, 6.07) is 0. The second kappa shape index (κ2) is 6.18. The largest absolute Gasteiger partial charge is 0.347 e. The van der Waals surface area contributed by atoms with Gasteiger partial charge in [-0.05, 0) is 32.4 Å². The van der Waals surface area contributed by atoms with Crippen LogP contribution in [0.4, 0.5) is 0 Å². The lowest BCUT2D eigenvalue weighted by molar-refractivity contribution is -0.146. The molecule has 1 aliphatic heterocycles. The predicted octanol–water partition coefficient (Wildman–Crippen LogP) is 0.313. The SMILES string of the molecule is CCC1(C(=O)N(C)CC(=O)N(C)C)CCNCC1. The van der Waals surface area contributed by atoms with Crippen LogP contribution in [0.5, 0.6) is 0 Å². The van der Waals surface area contributed by atoms with Crippen molar-refractivity contribution in [3.8, 4) is 0 Å². The molecule has 0 bridgehead atoms. The fourth-order valence-electron chi connectivity index (χ4n) is 2.44. The Morgan fingerprint density at radius 1 is 1.17 bits per heavy atom. The second-order valence-corrected chi connectivity index (χ2v) is 5.33. The molecule has 0 aromatic heterocycles. The van der Waals surface area contributed by atoms with Crippen LogP contribution in [-0.4, -0.2) is 62.4 Å². The number of piperidine rings is 1. The van der Waals surface area contributed by atoms with Crippen LogP contribution in [-0.2, 0) is 9.59 Å². The molecule has 5 heteroatoms. The number of carbonyl (C=O) groups is 2. The Bertz CT molecular complexity index is 309. The van der Waals surface area contributed by atoms with Crippen molar-refractivity contribution in [3.05, 3.63) is 0 Å². The molecule has 1 aliphatic rings. The zero-order valence-electron chi connectivity index (χ0n) is 12.0. The Labute approximate surface area is 110 Å². The van der Waals surface area contributed by atoms with Crippen molar-refractivity contribution in [3.63, 3.8) is 0 Å². The molecule has 0 atom stereocenters. The van der Waals surface area contributed by atoms with E-state index in [2.05, 4.69) is 12.2 Å². The highest BCUT2D eigenvalue weighted by Gasteiger charge is 2.39. The summed E-state index contributed by atoms with van der Waals surface area (Å²) in [5, 5.41) is 3.28. The van der Waals surface area contributed by atoms with Gasteiger partial charge in [-0.3, -0.25) is 9.59 Å². The van der Waals surface area contributed by atoms with E-state index in [4.69, 9.17) is 0 Å². The van der Waals surface area contributed by atoms with Crippen molar-refractivity contribution in [2.75, 3.05) is 40.8 Å². The zero-order chi connectivity index (χ0) is 13.8. The number of nitrogens with zero attached hydrogens (tertiary/aromatic N) is 2. The van der Waals surface area contributed by atoms with Crippen molar-refractivity contribution < 1.29 is 9.59 Å². The first-order chi connectivity index (χ1) is 8.43. The molecule has 104 valence electrons. The van der Waals surface area contributed by atoms with Crippen LogP contribution in [0, 0.1) is 5.41 Å². The summed E-state index contributed by atoms with van der Waals surface area (Å²) in [5.41, 5.74) is -0.271. The van der Waals surface area contributed by atoms with Gasteiger partial charge in [0, 0.05) is 21.1 Å². The summed E-state index contributed by atoms with van der Waals surface area (Å²) in [7, 11) is 5.14.